The molecule has 0 aliphatic heterocycles. The smallest absolute Gasteiger partial charge is 0.248 e. The lowest BCUT2D eigenvalue weighted by Crippen LogP contribution is -2.07. The number of anilines is 1. The molecule has 0 aliphatic rings. The van der Waals surface area contributed by atoms with Crippen molar-refractivity contribution in [2.45, 2.75) is 6.92 Å². The lowest BCUT2D eigenvalue weighted by molar-refractivity contribution is -0.111. The van der Waals surface area contributed by atoms with E-state index < -0.39 is 0 Å². The molecule has 0 fully saturated rings. The fourth-order valence-electron chi connectivity index (χ4n) is 2.35. The molecule has 130 valence electrons. The van der Waals surface area contributed by atoms with E-state index in [1.165, 1.54) is 18.2 Å². The molecule has 4 heteroatoms. The van der Waals surface area contributed by atoms with Crippen molar-refractivity contribution in [3.8, 4) is 11.5 Å². The predicted octanol–water partition coefficient (Wildman–Crippen LogP) is 5.58. The van der Waals surface area contributed by atoms with Crippen LogP contribution in [0.2, 0.25) is 0 Å². The Kier molecular flexibility index (Phi) is 5.44. The van der Waals surface area contributed by atoms with Gasteiger partial charge in [0.15, 0.2) is 0 Å². The van der Waals surface area contributed by atoms with Crippen LogP contribution in [0.4, 0.5) is 10.1 Å². The number of halogens is 1. The Hall–Kier alpha value is -3.40. The second-order valence-electron chi connectivity index (χ2n) is 5.82. The highest BCUT2D eigenvalue weighted by Gasteiger charge is 2.01. The number of carbonyl (C=O) groups excluding carboxylic acids is 1. The maximum Gasteiger partial charge on any atom is 0.248 e. The summed E-state index contributed by atoms with van der Waals surface area (Å²) in [5.41, 5.74) is 2.54. The van der Waals surface area contributed by atoms with Gasteiger partial charge in [-0.15, -0.1) is 0 Å². The molecule has 3 rings (SSSR count). The standard InChI is InChI=1S/C22H18FNO2/c1-16-3-2-4-21(15-16)26-20-12-10-19(11-13-20)24-22(25)14-7-17-5-8-18(23)9-6-17/h2-15H,1H3,(H,24,25)/b14-7+. The molecule has 0 spiro atoms. The van der Waals surface area contributed by atoms with Gasteiger partial charge in [-0.1, -0.05) is 24.3 Å². The topological polar surface area (TPSA) is 38.3 Å². The lowest BCUT2D eigenvalue weighted by Gasteiger charge is -2.08. The fraction of sp³-hybridized carbons (Fsp3) is 0.0455. The van der Waals surface area contributed by atoms with Crippen LogP contribution in [-0.2, 0) is 4.79 Å². The summed E-state index contributed by atoms with van der Waals surface area (Å²) in [7, 11) is 0. The summed E-state index contributed by atoms with van der Waals surface area (Å²) in [6.07, 6.45) is 3.04. The van der Waals surface area contributed by atoms with Crippen LogP contribution in [0.1, 0.15) is 11.1 Å². The molecule has 0 radical (unpaired) electrons. The highest BCUT2D eigenvalue weighted by Crippen LogP contribution is 2.23. The number of nitrogens with one attached hydrogen (secondary N) is 1. The first-order valence-corrected chi connectivity index (χ1v) is 8.18. The second-order valence-corrected chi connectivity index (χ2v) is 5.82. The first kappa shape index (κ1) is 17.4. The van der Waals surface area contributed by atoms with Gasteiger partial charge in [-0.3, -0.25) is 4.79 Å². The zero-order valence-corrected chi connectivity index (χ0v) is 14.3. The van der Waals surface area contributed by atoms with Gasteiger partial charge in [0.1, 0.15) is 17.3 Å². The van der Waals surface area contributed by atoms with Crippen molar-refractivity contribution in [2.24, 2.45) is 0 Å². The molecular formula is C22H18FNO2. The molecule has 26 heavy (non-hydrogen) atoms. The Morgan fingerprint density at radius 3 is 2.38 bits per heavy atom. The highest BCUT2D eigenvalue weighted by atomic mass is 19.1. The average molecular weight is 347 g/mol. The summed E-state index contributed by atoms with van der Waals surface area (Å²) in [6, 6.07) is 20.8. The molecular weight excluding hydrogens is 329 g/mol. The van der Waals surface area contributed by atoms with Crippen LogP contribution in [0.25, 0.3) is 6.08 Å². The largest absolute Gasteiger partial charge is 0.457 e. The van der Waals surface area contributed by atoms with E-state index in [9.17, 15) is 9.18 Å². The van der Waals surface area contributed by atoms with Crippen LogP contribution in [0.3, 0.4) is 0 Å². The summed E-state index contributed by atoms with van der Waals surface area (Å²) < 4.78 is 18.6. The minimum atomic E-state index is -0.306. The van der Waals surface area contributed by atoms with E-state index in [1.54, 1.807) is 42.5 Å². The Morgan fingerprint density at radius 1 is 0.962 bits per heavy atom. The Labute approximate surface area is 151 Å². The van der Waals surface area contributed by atoms with Crippen LogP contribution in [0.15, 0.2) is 78.9 Å². The van der Waals surface area contributed by atoms with Gasteiger partial charge in [0.2, 0.25) is 5.91 Å². The van der Waals surface area contributed by atoms with Gasteiger partial charge < -0.3 is 10.1 Å². The van der Waals surface area contributed by atoms with Gasteiger partial charge in [0.05, 0.1) is 0 Å². The van der Waals surface area contributed by atoms with Gasteiger partial charge in [-0.2, -0.15) is 0 Å². The van der Waals surface area contributed by atoms with E-state index in [2.05, 4.69) is 5.32 Å². The summed E-state index contributed by atoms with van der Waals surface area (Å²) in [5, 5.41) is 2.77. The fourth-order valence-corrected chi connectivity index (χ4v) is 2.35. The zero-order valence-electron chi connectivity index (χ0n) is 14.3. The third-order valence-corrected chi connectivity index (χ3v) is 3.64. The molecule has 0 saturated heterocycles. The predicted molar refractivity (Wildman–Crippen MR) is 102 cm³/mol. The Bertz CT molecular complexity index is 916. The third-order valence-electron chi connectivity index (χ3n) is 3.64. The van der Waals surface area contributed by atoms with Crippen molar-refractivity contribution in [2.75, 3.05) is 5.32 Å². The quantitative estimate of drug-likeness (QED) is 0.612. The summed E-state index contributed by atoms with van der Waals surface area (Å²) >= 11 is 0. The Morgan fingerprint density at radius 2 is 1.69 bits per heavy atom. The van der Waals surface area contributed by atoms with Gasteiger partial charge >= 0.3 is 0 Å². The average Bonchev–Trinajstić information content (AvgIpc) is 2.63. The Balaban J connectivity index is 1.58. The number of hydrogen-bond donors (Lipinski definition) is 1. The number of hydrogen-bond acceptors (Lipinski definition) is 2. The summed E-state index contributed by atoms with van der Waals surface area (Å²) in [5.74, 6) is 0.890. The summed E-state index contributed by atoms with van der Waals surface area (Å²) in [6.45, 7) is 2.00. The third kappa shape index (κ3) is 5.05. The van der Waals surface area contributed by atoms with Crippen molar-refractivity contribution in [1.29, 1.82) is 0 Å². The first-order chi connectivity index (χ1) is 12.6. The maximum atomic E-state index is 12.8. The molecule has 0 atom stereocenters. The van der Waals surface area contributed by atoms with Gasteiger partial charge in [-0.25, -0.2) is 4.39 Å². The zero-order chi connectivity index (χ0) is 18.4. The SMILES string of the molecule is Cc1cccc(Oc2ccc(NC(=O)/C=C/c3ccc(F)cc3)cc2)c1. The van der Waals surface area contributed by atoms with Crippen LogP contribution in [-0.4, -0.2) is 5.91 Å². The molecule has 0 aliphatic carbocycles. The van der Waals surface area contributed by atoms with Gasteiger partial charge in [-0.05, 0) is 72.7 Å². The molecule has 1 N–H and O–H groups in total. The van der Waals surface area contributed by atoms with E-state index in [1.807, 2.05) is 31.2 Å². The number of amides is 1. The first-order valence-electron chi connectivity index (χ1n) is 8.18. The molecule has 0 saturated carbocycles. The monoisotopic (exact) mass is 347 g/mol. The molecule has 0 unspecified atom stereocenters. The number of aryl methyl sites for hydroxylation is 1. The van der Waals surface area contributed by atoms with E-state index >= 15 is 0 Å². The number of benzene rings is 3. The number of carbonyl (C=O) groups is 1. The van der Waals surface area contributed by atoms with Gasteiger partial charge in [0.25, 0.3) is 0 Å². The van der Waals surface area contributed by atoms with Crippen molar-refractivity contribution < 1.29 is 13.9 Å². The lowest BCUT2D eigenvalue weighted by atomic mass is 10.2. The molecule has 3 aromatic rings. The van der Waals surface area contributed by atoms with Crippen molar-refractivity contribution in [1.82, 2.24) is 0 Å². The van der Waals surface area contributed by atoms with Crippen LogP contribution >= 0.6 is 0 Å². The van der Waals surface area contributed by atoms with Crippen LogP contribution < -0.4 is 10.1 Å². The van der Waals surface area contributed by atoms with Crippen LogP contribution in [0.5, 0.6) is 11.5 Å². The molecule has 1 amide bonds. The van der Waals surface area contributed by atoms with Crippen molar-refractivity contribution >= 4 is 17.7 Å². The molecule has 3 nitrogen and oxygen atoms in total. The van der Waals surface area contributed by atoms with Gasteiger partial charge in [0, 0.05) is 11.8 Å². The van der Waals surface area contributed by atoms with E-state index in [0.717, 1.165) is 16.9 Å². The van der Waals surface area contributed by atoms with Crippen molar-refractivity contribution in [3.05, 3.63) is 95.8 Å². The molecule has 0 aromatic heterocycles. The van der Waals surface area contributed by atoms with Crippen LogP contribution in [0, 0.1) is 12.7 Å². The minimum Gasteiger partial charge on any atom is -0.457 e. The van der Waals surface area contributed by atoms with Crippen molar-refractivity contribution in [3.63, 3.8) is 0 Å². The normalized spacial score (nSPS) is 10.7. The molecule has 0 heterocycles. The number of rotatable bonds is 5. The molecule has 0 bridgehead atoms. The highest BCUT2D eigenvalue weighted by molar-refractivity contribution is 6.01. The minimum absolute atomic E-state index is 0.262. The van der Waals surface area contributed by atoms with E-state index in [0.29, 0.717) is 11.4 Å². The van der Waals surface area contributed by atoms with E-state index in [4.69, 9.17) is 4.74 Å². The maximum absolute atomic E-state index is 12.8. The number of ether oxygens (including phenoxy) is 1. The second kappa shape index (κ2) is 8.12. The summed E-state index contributed by atoms with van der Waals surface area (Å²) in [4.78, 5) is 12.0. The molecule has 3 aromatic carbocycles. The van der Waals surface area contributed by atoms with E-state index in [-0.39, 0.29) is 11.7 Å².